The van der Waals surface area contributed by atoms with Gasteiger partial charge in [0.15, 0.2) is 0 Å². The fraction of sp³-hybridized carbons (Fsp3) is 0.364. The highest BCUT2D eigenvalue weighted by molar-refractivity contribution is 5.94. The van der Waals surface area contributed by atoms with Crippen LogP contribution in [-0.4, -0.2) is 45.0 Å². The lowest BCUT2D eigenvalue weighted by atomic mass is 9.93. The number of hydrogen-bond donors (Lipinski definition) is 4. The molecule has 0 saturated carbocycles. The summed E-state index contributed by atoms with van der Waals surface area (Å²) in [6, 6.07) is 7.80. The van der Waals surface area contributed by atoms with Crippen LogP contribution in [0, 0.1) is 5.92 Å². The molecule has 0 aliphatic carbocycles. The van der Waals surface area contributed by atoms with Crippen molar-refractivity contribution in [2.24, 2.45) is 5.92 Å². The summed E-state index contributed by atoms with van der Waals surface area (Å²) < 4.78 is 0. The number of benzene rings is 1. The Labute approximate surface area is 178 Å². The van der Waals surface area contributed by atoms with Gasteiger partial charge in [0.2, 0.25) is 11.9 Å². The molecule has 2 aromatic heterocycles. The Kier molecular flexibility index (Phi) is 4.93. The second-order valence-corrected chi connectivity index (χ2v) is 8.18. The van der Waals surface area contributed by atoms with Crippen molar-refractivity contribution in [3.63, 3.8) is 0 Å². The maximum atomic E-state index is 11.6. The molecular formula is C22H24N6O3. The molecule has 0 bridgehead atoms. The average molecular weight is 420 g/mol. The maximum Gasteiger partial charge on any atom is 0.303 e. The Balaban J connectivity index is 1.39. The third kappa shape index (κ3) is 4.03. The third-order valence-corrected chi connectivity index (χ3v) is 6.03. The van der Waals surface area contributed by atoms with E-state index in [1.54, 1.807) is 0 Å². The minimum absolute atomic E-state index is 0.0468. The molecule has 5 rings (SSSR count). The highest BCUT2D eigenvalue weighted by atomic mass is 16.4. The van der Waals surface area contributed by atoms with Gasteiger partial charge in [-0.1, -0.05) is 0 Å². The molecule has 4 heterocycles. The van der Waals surface area contributed by atoms with Crippen molar-refractivity contribution >= 4 is 46.1 Å². The zero-order chi connectivity index (χ0) is 21.4. The molecule has 2 aliphatic rings. The van der Waals surface area contributed by atoms with Crippen molar-refractivity contribution in [2.75, 3.05) is 28.6 Å². The molecule has 4 N–H and O–H groups in total. The summed E-state index contributed by atoms with van der Waals surface area (Å²) in [6.07, 6.45) is 4.95. The number of aryl methyl sites for hydroxylation is 1. The van der Waals surface area contributed by atoms with Crippen LogP contribution < -0.4 is 15.5 Å². The number of fused-ring (bicyclic) bond motifs is 2. The van der Waals surface area contributed by atoms with Crippen molar-refractivity contribution in [2.45, 2.75) is 32.1 Å². The van der Waals surface area contributed by atoms with Gasteiger partial charge in [0.1, 0.15) is 11.5 Å². The smallest absolute Gasteiger partial charge is 0.303 e. The van der Waals surface area contributed by atoms with E-state index in [0.717, 1.165) is 59.7 Å². The largest absolute Gasteiger partial charge is 0.481 e. The van der Waals surface area contributed by atoms with Gasteiger partial charge in [0.25, 0.3) is 0 Å². The number of aromatic nitrogens is 3. The van der Waals surface area contributed by atoms with Crippen LogP contribution in [0.2, 0.25) is 0 Å². The molecule has 3 aromatic rings. The molecule has 9 heteroatoms. The molecule has 31 heavy (non-hydrogen) atoms. The lowest BCUT2D eigenvalue weighted by Gasteiger charge is -2.32. The highest BCUT2D eigenvalue weighted by Crippen LogP contribution is 2.31. The molecule has 0 atom stereocenters. The van der Waals surface area contributed by atoms with Gasteiger partial charge in [0.05, 0.1) is 5.39 Å². The van der Waals surface area contributed by atoms with E-state index < -0.39 is 5.97 Å². The van der Waals surface area contributed by atoms with E-state index in [-0.39, 0.29) is 18.2 Å². The Morgan fingerprint density at radius 1 is 1.19 bits per heavy atom. The molecule has 1 aromatic carbocycles. The first-order chi connectivity index (χ1) is 15.0. The number of carbonyl (C=O) groups is 2. The minimum Gasteiger partial charge on any atom is -0.481 e. The van der Waals surface area contributed by atoms with Crippen LogP contribution in [0.25, 0.3) is 11.0 Å². The van der Waals surface area contributed by atoms with Gasteiger partial charge < -0.3 is 25.6 Å². The zero-order valence-electron chi connectivity index (χ0n) is 17.0. The third-order valence-electron chi connectivity index (χ3n) is 6.03. The Morgan fingerprint density at radius 3 is 2.84 bits per heavy atom. The second kappa shape index (κ2) is 7.90. The normalized spacial score (nSPS) is 16.8. The summed E-state index contributed by atoms with van der Waals surface area (Å²) >= 11 is 0. The molecule has 9 nitrogen and oxygen atoms in total. The van der Waals surface area contributed by atoms with Gasteiger partial charge in [-0.15, -0.1) is 0 Å². The number of aromatic amines is 1. The van der Waals surface area contributed by atoms with Gasteiger partial charge in [-0.25, -0.2) is 0 Å². The number of rotatable bonds is 5. The van der Waals surface area contributed by atoms with E-state index in [1.165, 1.54) is 0 Å². The first-order valence-electron chi connectivity index (χ1n) is 10.6. The van der Waals surface area contributed by atoms with Gasteiger partial charge in [-0.2, -0.15) is 9.97 Å². The van der Waals surface area contributed by atoms with Crippen molar-refractivity contribution in [1.82, 2.24) is 15.0 Å². The molecule has 0 spiro atoms. The van der Waals surface area contributed by atoms with Crippen LogP contribution in [0.15, 0.2) is 30.5 Å². The van der Waals surface area contributed by atoms with E-state index >= 15 is 0 Å². The Hall–Kier alpha value is -3.62. The summed E-state index contributed by atoms with van der Waals surface area (Å²) in [4.78, 5) is 37.4. The highest BCUT2D eigenvalue weighted by Gasteiger charge is 2.24. The number of H-pyrrole nitrogens is 1. The van der Waals surface area contributed by atoms with Gasteiger partial charge >= 0.3 is 5.97 Å². The number of carboxylic acid groups (broad SMARTS) is 1. The lowest BCUT2D eigenvalue weighted by Crippen LogP contribution is -2.35. The number of carboxylic acids is 1. The standard InChI is InChI=1S/C22H24N6O3/c29-18-4-1-14-12-15(2-3-17(14)25-18)24-22-26-20-16(5-8-23-20)21(27-22)28-9-6-13(7-10-28)11-19(30)31/h2-3,5,8,12-13H,1,4,6-7,9-11H2,(H,25,29)(H,30,31)(H2,23,24,26,27). The Bertz CT molecular complexity index is 1150. The van der Waals surface area contributed by atoms with E-state index in [9.17, 15) is 9.59 Å². The molecule has 0 unspecified atom stereocenters. The number of piperidine rings is 1. The van der Waals surface area contributed by atoms with Crippen molar-refractivity contribution in [3.05, 3.63) is 36.0 Å². The molecule has 1 amide bonds. The summed E-state index contributed by atoms with van der Waals surface area (Å²) in [5, 5.41) is 16.2. The number of nitrogens with zero attached hydrogens (tertiary/aromatic N) is 3. The fourth-order valence-corrected chi connectivity index (χ4v) is 4.41. The Morgan fingerprint density at radius 2 is 2.03 bits per heavy atom. The first-order valence-corrected chi connectivity index (χ1v) is 10.6. The fourth-order valence-electron chi connectivity index (χ4n) is 4.41. The predicted octanol–water partition coefficient (Wildman–Crippen LogP) is 3.28. The molecule has 1 saturated heterocycles. The van der Waals surface area contributed by atoms with Gasteiger partial charge in [-0.3, -0.25) is 9.59 Å². The van der Waals surface area contributed by atoms with Crippen LogP contribution >= 0.6 is 0 Å². The number of amides is 1. The second-order valence-electron chi connectivity index (χ2n) is 8.18. The minimum atomic E-state index is -0.732. The predicted molar refractivity (Wildman–Crippen MR) is 118 cm³/mol. The first kappa shape index (κ1) is 19.3. The van der Waals surface area contributed by atoms with E-state index in [2.05, 4.69) is 25.5 Å². The molecule has 2 aliphatic heterocycles. The van der Waals surface area contributed by atoms with Crippen LogP contribution in [0.3, 0.4) is 0 Å². The van der Waals surface area contributed by atoms with Gasteiger partial charge in [0, 0.05) is 43.5 Å². The van der Waals surface area contributed by atoms with Gasteiger partial charge in [-0.05, 0) is 55.0 Å². The number of anilines is 4. The van der Waals surface area contributed by atoms with E-state index in [4.69, 9.17) is 10.1 Å². The van der Waals surface area contributed by atoms with Crippen LogP contribution in [0.5, 0.6) is 0 Å². The summed E-state index contributed by atoms with van der Waals surface area (Å²) in [6.45, 7) is 1.54. The summed E-state index contributed by atoms with van der Waals surface area (Å²) in [5.74, 6) is 0.881. The molecule has 0 radical (unpaired) electrons. The topological polar surface area (TPSA) is 123 Å². The number of nitrogens with one attached hydrogen (secondary N) is 3. The number of hydrogen-bond acceptors (Lipinski definition) is 6. The SMILES string of the molecule is O=C(O)CC1CCN(c2nc(Nc3ccc4c(c3)CCC(=O)N4)nc3[nH]ccc23)CC1. The molecule has 1 fully saturated rings. The maximum absolute atomic E-state index is 11.6. The van der Waals surface area contributed by atoms with Crippen molar-refractivity contribution in [1.29, 1.82) is 0 Å². The van der Waals surface area contributed by atoms with E-state index in [1.807, 2.05) is 30.5 Å². The summed E-state index contributed by atoms with van der Waals surface area (Å²) in [5.41, 5.74) is 3.57. The van der Waals surface area contributed by atoms with Crippen molar-refractivity contribution < 1.29 is 14.7 Å². The quantitative estimate of drug-likeness (QED) is 0.499. The molecular weight excluding hydrogens is 396 g/mol. The molecule has 160 valence electrons. The number of carbonyl (C=O) groups excluding carboxylic acids is 1. The number of aliphatic carboxylic acids is 1. The van der Waals surface area contributed by atoms with Crippen LogP contribution in [0.4, 0.5) is 23.1 Å². The summed E-state index contributed by atoms with van der Waals surface area (Å²) in [7, 11) is 0. The zero-order valence-corrected chi connectivity index (χ0v) is 17.0. The average Bonchev–Trinajstić information content (AvgIpc) is 3.22. The monoisotopic (exact) mass is 420 g/mol. The van der Waals surface area contributed by atoms with E-state index in [0.29, 0.717) is 18.8 Å². The van der Waals surface area contributed by atoms with Crippen LogP contribution in [0.1, 0.15) is 31.2 Å². The van der Waals surface area contributed by atoms with Crippen LogP contribution in [-0.2, 0) is 16.0 Å². The van der Waals surface area contributed by atoms with Crippen molar-refractivity contribution in [3.8, 4) is 0 Å². The lowest BCUT2D eigenvalue weighted by molar-refractivity contribution is -0.138.